The average molecular weight is 192 g/mol. The van der Waals surface area contributed by atoms with E-state index in [1.54, 1.807) is 0 Å². The predicted octanol–water partition coefficient (Wildman–Crippen LogP) is 1.43. The Balaban J connectivity index is 2.42. The van der Waals surface area contributed by atoms with E-state index in [9.17, 15) is 9.90 Å². The monoisotopic (exact) mass is 192 g/mol. The number of carboxylic acid groups (broad SMARTS) is 1. The lowest BCUT2D eigenvalue weighted by Crippen LogP contribution is -2.36. The van der Waals surface area contributed by atoms with Crippen LogP contribution in [-0.4, -0.2) is 24.3 Å². The minimum Gasteiger partial charge on any atom is -0.481 e. The van der Waals surface area contributed by atoms with Crippen molar-refractivity contribution in [3.05, 3.63) is 35.9 Å². The smallest absolute Gasteiger partial charge is 0.316 e. The van der Waals surface area contributed by atoms with Gasteiger partial charge in [-0.25, -0.2) is 0 Å². The largest absolute Gasteiger partial charge is 0.481 e. The summed E-state index contributed by atoms with van der Waals surface area (Å²) in [5, 5.41) is 9.24. The van der Waals surface area contributed by atoms with Crippen molar-refractivity contribution < 1.29 is 14.6 Å². The second-order valence-electron chi connectivity index (χ2n) is 3.56. The Bertz CT molecular complexity index is 326. The average Bonchev–Trinajstić information content (AvgIpc) is 2.69. The molecule has 1 N–H and O–H groups in total. The van der Waals surface area contributed by atoms with Crippen LogP contribution in [0.1, 0.15) is 12.0 Å². The fourth-order valence-corrected chi connectivity index (χ4v) is 1.84. The zero-order chi connectivity index (χ0) is 10.0. The highest BCUT2D eigenvalue weighted by Gasteiger charge is 2.43. The second-order valence-corrected chi connectivity index (χ2v) is 3.56. The molecule has 0 aliphatic carbocycles. The highest BCUT2D eigenvalue weighted by Crippen LogP contribution is 2.33. The van der Waals surface area contributed by atoms with Gasteiger partial charge in [0.25, 0.3) is 0 Å². The molecule has 0 unspecified atom stereocenters. The first kappa shape index (κ1) is 9.21. The number of rotatable bonds is 2. The van der Waals surface area contributed by atoms with Crippen LogP contribution in [0.25, 0.3) is 0 Å². The Labute approximate surface area is 82.3 Å². The molecule has 0 amide bonds. The SMILES string of the molecule is O=C(O)[C@@]1(c2ccccc2)CCOC1. The molecule has 0 spiro atoms. The van der Waals surface area contributed by atoms with Crippen molar-refractivity contribution in [1.82, 2.24) is 0 Å². The summed E-state index contributed by atoms with van der Waals surface area (Å²) in [5.74, 6) is -0.791. The van der Waals surface area contributed by atoms with Crippen LogP contribution in [0.15, 0.2) is 30.3 Å². The van der Waals surface area contributed by atoms with Gasteiger partial charge in [0.1, 0.15) is 5.41 Å². The summed E-state index contributed by atoms with van der Waals surface area (Å²) < 4.78 is 5.20. The molecule has 1 aliphatic rings. The van der Waals surface area contributed by atoms with Crippen LogP contribution in [0.4, 0.5) is 0 Å². The summed E-state index contributed by atoms with van der Waals surface area (Å²) in [7, 11) is 0. The molecule has 1 heterocycles. The highest BCUT2D eigenvalue weighted by molar-refractivity contribution is 5.82. The van der Waals surface area contributed by atoms with Gasteiger partial charge in [0.05, 0.1) is 6.61 Å². The minimum absolute atomic E-state index is 0.284. The first-order chi connectivity index (χ1) is 6.76. The molecule has 1 fully saturated rings. The first-order valence-corrected chi connectivity index (χ1v) is 4.62. The van der Waals surface area contributed by atoms with E-state index in [1.807, 2.05) is 30.3 Å². The molecule has 2 rings (SSSR count). The third kappa shape index (κ3) is 1.30. The maximum atomic E-state index is 11.2. The Morgan fingerprint density at radius 1 is 1.36 bits per heavy atom. The van der Waals surface area contributed by atoms with Crippen molar-refractivity contribution in [2.45, 2.75) is 11.8 Å². The molecule has 1 aromatic rings. The second kappa shape index (κ2) is 3.42. The Morgan fingerprint density at radius 3 is 2.57 bits per heavy atom. The molecule has 0 aromatic heterocycles. The molecular weight excluding hydrogens is 180 g/mol. The summed E-state index contributed by atoms with van der Waals surface area (Å²) >= 11 is 0. The number of benzene rings is 1. The predicted molar refractivity (Wildman–Crippen MR) is 51.2 cm³/mol. The third-order valence-corrected chi connectivity index (χ3v) is 2.76. The van der Waals surface area contributed by atoms with Crippen LogP contribution in [0, 0.1) is 0 Å². The van der Waals surface area contributed by atoms with Crippen LogP contribution in [0.5, 0.6) is 0 Å². The fourth-order valence-electron chi connectivity index (χ4n) is 1.84. The first-order valence-electron chi connectivity index (χ1n) is 4.62. The van der Waals surface area contributed by atoms with Gasteiger partial charge < -0.3 is 9.84 Å². The van der Waals surface area contributed by atoms with Gasteiger partial charge in [0, 0.05) is 6.61 Å². The van der Waals surface area contributed by atoms with Gasteiger partial charge in [-0.05, 0) is 12.0 Å². The fraction of sp³-hybridized carbons (Fsp3) is 0.364. The summed E-state index contributed by atoms with van der Waals surface area (Å²) in [6.07, 6.45) is 0.562. The van der Waals surface area contributed by atoms with Crippen molar-refractivity contribution in [2.24, 2.45) is 0 Å². The van der Waals surface area contributed by atoms with Gasteiger partial charge in [-0.3, -0.25) is 4.79 Å². The van der Waals surface area contributed by atoms with E-state index in [0.29, 0.717) is 13.0 Å². The van der Waals surface area contributed by atoms with E-state index in [4.69, 9.17) is 4.74 Å². The van der Waals surface area contributed by atoms with Gasteiger partial charge in [-0.1, -0.05) is 30.3 Å². The third-order valence-electron chi connectivity index (χ3n) is 2.76. The summed E-state index contributed by atoms with van der Waals surface area (Å²) in [5.41, 5.74) is 0.0198. The van der Waals surface area contributed by atoms with Crippen LogP contribution in [0.3, 0.4) is 0 Å². The van der Waals surface area contributed by atoms with Crippen molar-refractivity contribution in [3.63, 3.8) is 0 Å². The van der Waals surface area contributed by atoms with E-state index < -0.39 is 11.4 Å². The number of aliphatic carboxylic acids is 1. The van der Waals surface area contributed by atoms with E-state index in [2.05, 4.69) is 0 Å². The highest BCUT2D eigenvalue weighted by atomic mass is 16.5. The molecule has 1 saturated heterocycles. The molecule has 74 valence electrons. The quantitative estimate of drug-likeness (QED) is 0.771. The zero-order valence-corrected chi connectivity index (χ0v) is 7.77. The Hall–Kier alpha value is -1.35. The number of hydrogen-bond donors (Lipinski definition) is 1. The van der Waals surface area contributed by atoms with Crippen LogP contribution >= 0.6 is 0 Å². The Morgan fingerprint density at radius 2 is 2.07 bits per heavy atom. The van der Waals surface area contributed by atoms with E-state index in [0.717, 1.165) is 5.56 Å². The van der Waals surface area contributed by atoms with Gasteiger partial charge in [-0.2, -0.15) is 0 Å². The molecule has 14 heavy (non-hydrogen) atoms. The maximum Gasteiger partial charge on any atom is 0.316 e. The van der Waals surface area contributed by atoms with Gasteiger partial charge in [0.15, 0.2) is 0 Å². The van der Waals surface area contributed by atoms with Gasteiger partial charge in [0.2, 0.25) is 0 Å². The van der Waals surface area contributed by atoms with Crippen LogP contribution in [0.2, 0.25) is 0 Å². The Kier molecular flexibility index (Phi) is 2.25. The van der Waals surface area contributed by atoms with E-state index >= 15 is 0 Å². The number of carbonyl (C=O) groups is 1. The number of carboxylic acids is 1. The van der Waals surface area contributed by atoms with Crippen LogP contribution in [-0.2, 0) is 14.9 Å². The molecule has 1 aromatic carbocycles. The maximum absolute atomic E-state index is 11.2. The molecule has 1 atom stereocenters. The molecule has 0 saturated carbocycles. The topological polar surface area (TPSA) is 46.5 Å². The molecule has 0 radical (unpaired) electrons. The number of hydrogen-bond acceptors (Lipinski definition) is 2. The summed E-state index contributed by atoms with van der Waals surface area (Å²) in [4.78, 5) is 11.2. The van der Waals surface area contributed by atoms with Gasteiger partial charge >= 0.3 is 5.97 Å². The van der Waals surface area contributed by atoms with Gasteiger partial charge in [-0.15, -0.1) is 0 Å². The molecule has 0 bridgehead atoms. The lowest BCUT2D eigenvalue weighted by molar-refractivity contribution is -0.143. The lowest BCUT2D eigenvalue weighted by Gasteiger charge is -2.22. The van der Waals surface area contributed by atoms with Crippen molar-refractivity contribution in [3.8, 4) is 0 Å². The van der Waals surface area contributed by atoms with E-state index in [-0.39, 0.29) is 6.61 Å². The summed E-state index contributed by atoms with van der Waals surface area (Å²) in [6.45, 7) is 0.813. The molecule has 3 nitrogen and oxygen atoms in total. The van der Waals surface area contributed by atoms with Crippen molar-refractivity contribution in [2.75, 3.05) is 13.2 Å². The normalized spacial score (nSPS) is 26.3. The zero-order valence-electron chi connectivity index (χ0n) is 7.77. The van der Waals surface area contributed by atoms with Crippen molar-refractivity contribution in [1.29, 1.82) is 0 Å². The summed E-state index contributed by atoms with van der Waals surface area (Å²) in [6, 6.07) is 9.30. The molecule has 3 heteroatoms. The molecular formula is C11H12O3. The lowest BCUT2D eigenvalue weighted by atomic mass is 9.80. The van der Waals surface area contributed by atoms with Crippen molar-refractivity contribution >= 4 is 5.97 Å². The standard InChI is InChI=1S/C11H12O3/c12-10(13)11(6-7-14-8-11)9-4-2-1-3-5-9/h1-5H,6-8H2,(H,12,13)/t11-/m0/s1. The van der Waals surface area contributed by atoms with Crippen LogP contribution < -0.4 is 0 Å². The molecule has 1 aliphatic heterocycles. The number of ether oxygens (including phenoxy) is 1. The minimum atomic E-state index is -0.818. The van der Waals surface area contributed by atoms with E-state index in [1.165, 1.54) is 0 Å².